The van der Waals surface area contributed by atoms with Crippen LogP contribution in [-0.4, -0.2) is 59.3 Å². The van der Waals surface area contributed by atoms with Crippen molar-refractivity contribution in [3.63, 3.8) is 0 Å². The molecule has 2 N–H and O–H groups in total. The zero-order chi connectivity index (χ0) is 28.5. The van der Waals surface area contributed by atoms with E-state index in [9.17, 15) is 5.11 Å². The van der Waals surface area contributed by atoms with Crippen LogP contribution in [0.1, 0.15) is 39.1 Å². The lowest BCUT2D eigenvalue weighted by atomic mass is 9.37. The van der Waals surface area contributed by atoms with E-state index in [4.69, 9.17) is 23.5 Å². The first kappa shape index (κ1) is 27.1. The van der Waals surface area contributed by atoms with Gasteiger partial charge < -0.3 is 19.9 Å². The normalized spacial score (nSPS) is 28.6. The summed E-state index contributed by atoms with van der Waals surface area (Å²) in [7, 11) is 21.9. The molecule has 4 atom stereocenters. The van der Waals surface area contributed by atoms with E-state index in [0.717, 1.165) is 33.4 Å². The van der Waals surface area contributed by atoms with Gasteiger partial charge in [0, 0.05) is 41.7 Å². The van der Waals surface area contributed by atoms with Gasteiger partial charge in [0.25, 0.3) is 0 Å². The maximum atomic E-state index is 11.5. The lowest BCUT2D eigenvalue weighted by Crippen LogP contribution is -2.55. The summed E-state index contributed by atoms with van der Waals surface area (Å²) in [5.74, 6) is 2.02. The summed E-state index contributed by atoms with van der Waals surface area (Å²) in [6.07, 6.45) is 5.34. The Morgan fingerprint density at radius 2 is 1.64 bits per heavy atom. The maximum absolute atomic E-state index is 11.5. The van der Waals surface area contributed by atoms with E-state index in [-0.39, 0.29) is 0 Å². The second kappa shape index (κ2) is 8.75. The van der Waals surface area contributed by atoms with Crippen molar-refractivity contribution in [2.75, 3.05) is 10.2 Å². The lowest BCUT2D eigenvalue weighted by molar-refractivity contribution is 0.0325. The van der Waals surface area contributed by atoms with Crippen LogP contribution >= 0.6 is 0 Å². The third-order valence-electron chi connectivity index (χ3n) is 8.85. The van der Waals surface area contributed by atoms with Crippen molar-refractivity contribution >= 4 is 51.6 Å². The highest BCUT2D eigenvalue weighted by atomic mass is 16.3. The van der Waals surface area contributed by atoms with E-state index in [2.05, 4.69) is 49.6 Å². The molecule has 1 aromatic carbocycles. The van der Waals surface area contributed by atoms with Gasteiger partial charge >= 0.3 is 0 Å². The standard InChI is InChI=1S/C29H31B3N6O/c1-17(19-10-11-33-25(14-19)38-28(5,32)26(3,30)27(4,31)29(38,6)39)36-24-13-22-12-20(8-9-21(22)15-35-24)23-16-34-18(2)37(23)7/h8-16,39H,1H2,2-7H3,(H,35,36). The van der Waals surface area contributed by atoms with Crippen LogP contribution in [0.2, 0.25) is 10.6 Å². The Balaban J connectivity index is 1.45. The Labute approximate surface area is 234 Å². The molecule has 0 spiro atoms. The number of nitrogens with zero attached hydrogens (tertiary/aromatic N) is 5. The Bertz CT molecular complexity index is 1580. The molecule has 6 radical (unpaired) electrons. The van der Waals surface area contributed by atoms with Gasteiger partial charge in [-0.25, -0.2) is 15.0 Å². The number of hydrogen-bond donors (Lipinski definition) is 2. The number of anilines is 2. The van der Waals surface area contributed by atoms with E-state index in [0.29, 0.717) is 17.3 Å². The fourth-order valence-electron chi connectivity index (χ4n) is 5.49. The van der Waals surface area contributed by atoms with Crippen molar-refractivity contribution in [2.45, 2.75) is 56.4 Å². The van der Waals surface area contributed by atoms with Crippen LogP contribution in [0.5, 0.6) is 0 Å². The molecular weight excluding hydrogens is 481 g/mol. The molecule has 39 heavy (non-hydrogen) atoms. The summed E-state index contributed by atoms with van der Waals surface area (Å²) in [6, 6.07) is 11.9. The zero-order valence-electron chi connectivity index (χ0n) is 23.3. The number of nitrogens with one attached hydrogen (secondary N) is 1. The molecule has 0 bridgehead atoms. The van der Waals surface area contributed by atoms with Gasteiger partial charge in [-0.3, -0.25) is 0 Å². The SMILES string of the molecule is [B]C1(C)N(c2cc(C(=C)Nc3cc4cc(-c5cnc(C)n5C)ccc4cn3)ccn2)C(C)(O)C([B])(C)C1([B])C. The van der Waals surface area contributed by atoms with Crippen molar-refractivity contribution in [1.29, 1.82) is 0 Å². The van der Waals surface area contributed by atoms with Gasteiger partial charge in [-0.15, -0.1) is 0 Å². The van der Waals surface area contributed by atoms with Crippen molar-refractivity contribution in [2.24, 2.45) is 7.05 Å². The molecule has 4 unspecified atom stereocenters. The molecule has 5 rings (SSSR count). The smallest absolute Gasteiger partial charge is 0.133 e. The Kier molecular flexibility index (Phi) is 6.07. The van der Waals surface area contributed by atoms with Gasteiger partial charge in [0.1, 0.15) is 31.0 Å². The first-order chi connectivity index (χ1) is 18.1. The Morgan fingerprint density at radius 3 is 2.26 bits per heavy atom. The molecule has 10 heteroatoms. The molecule has 0 saturated carbocycles. The van der Waals surface area contributed by atoms with Gasteiger partial charge in [-0.1, -0.05) is 44.8 Å². The van der Waals surface area contributed by atoms with Crippen LogP contribution in [0.3, 0.4) is 0 Å². The van der Waals surface area contributed by atoms with Gasteiger partial charge in [0.2, 0.25) is 0 Å². The molecule has 0 amide bonds. The monoisotopic (exact) mass is 512 g/mol. The fraction of sp³-hybridized carbons (Fsp3) is 0.345. The Morgan fingerprint density at radius 1 is 0.923 bits per heavy atom. The number of aliphatic hydroxyl groups is 1. The lowest BCUT2D eigenvalue weighted by Gasteiger charge is -2.46. The topological polar surface area (TPSA) is 79.1 Å². The number of fused-ring (bicyclic) bond motifs is 1. The maximum Gasteiger partial charge on any atom is 0.133 e. The largest absolute Gasteiger partial charge is 0.371 e. The molecule has 0 aliphatic carbocycles. The van der Waals surface area contributed by atoms with Crippen LogP contribution in [-0.2, 0) is 7.05 Å². The van der Waals surface area contributed by atoms with E-state index in [1.165, 1.54) is 0 Å². The number of aromatic nitrogens is 4. The van der Waals surface area contributed by atoms with Gasteiger partial charge in [0.05, 0.1) is 27.6 Å². The highest BCUT2D eigenvalue weighted by molar-refractivity contribution is 6.35. The van der Waals surface area contributed by atoms with Crippen molar-refractivity contribution in [3.8, 4) is 11.3 Å². The van der Waals surface area contributed by atoms with Crippen LogP contribution in [0.4, 0.5) is 11.6 Å². The van der Waals surface area contributed by atoms with E-state index in [1.54, 1.807) is 44.9 Å². The van der Waals surface area contributed by atoms with Crippen molar-refractivity contribution in [1.82, 2.24) is 19.5 Å². The van der Waals surface area contributed by atoms with E-state index in [1.807, 2.05) is 38.5 Å². The summed E-state index contributed by atoms with van der Waals surface area (Å²) < 4.78 is 2.06. The number of pyridine rings is 2. The summed E-state index contributed by atoms with van der Waals surface area (Å²) in [5.41, 5.74) is 0.682. The highest BCUT2D eigenvalue weighted by Gasteiger charge is 2.67. The minimum absolute atomic E-state index is 0.430. The van der Waals surface area contributed by atoms with E-state index >= 15 is 0 Å². The average molecular weight is 512 g/mol. The molecule has 1 aliphatic rings. The van der Waals surface area contributed by atoms with Crippen LogP contribution in [0.15, 0.2) is 61.6 Å². The average Bonchev–Trinajstić information content (AvgIpc) is 3.23. The van der Waals surface area contributed by atoms with Crippen LogP contribution in [0.25, 0.3) is 27.7 Å². The molecule has 7 nitrogen and oxygen atoms in total. The van der Waals surface area contributed by atoms with Crippen molar-refractivity contribution in [3.05, 3.63) is 73.0 Å². The summed E-state index contributed by atoms with van der Waals surface area (Å²) in [5, 5.41) is 14.5. The van der Waals surface area contributed by atoms with Gasteiger partial charge in [-0.2, -0.15) is 0 Å². The quantitative estimate of drug-likeness (QED) is 0.383. The molecule has 192 valence electrons. The van der Waals surface area contributed by atoms with Crippen molar-refractivity contribution < 1.29 is 5.11 Å². The van der Waals surface area contributed by atoms with Gasteiger partial charge in [0.15, 0.2) is 0 Å². The molecular formula is C29H31B3N6O. The predicted molar refractivity (Wildman–Crippen MR) is 161 cm³/mol. The number of rotatable bonds is 5. The second-order valence-corrected chi connectivity index (χ2v) is 11.3. The first-order valence-corrected chi connectivity index (χ1v) is 12.8. The third kappa shape index (κ3) is 3.91. The molecule has 1 saturated heterocycles. The third-order valence-corrected chi connectivity index (χ3v) is 8.85. The molecule has 4 aromatic rings. The summed E-state index contributed by atoms with van der Waals surface area (Å²) >= 11 is 0. The Hall–Kier alpha value is -3.52. The molecule has 4 heterocycles. The first-order valence-electron chi connectivity index (χ1n) is 12.8. The number of hydrogen-bond acceptors (Lipinski definition) is 6. The minimum atomic E-state index is -1.58. The molecule has 1 fully saturated rings. The fourth-order valence-corrected chi connectivity index (χ4v) is 5.49. The molecule has 1 aliphatic heterocycles. The molecule has 3 aromatic heterocycles. The summed E-state index contributed by atoms with van der Waals surface area (Å²) in [4.78, 5) is 15.1. The second-order valence-electron chi connectivity index (χ2n) is 11.3. The number of benzene rings is 1. The van der Waals surface area contributed by atoms with Crippen LogP contribution < -0.4 is 10.2 Å². The van der Waals surface area contributed by atoms with Crippen LogP contribution in [0, 0.1) is 6.92 Å². The van der Waals surface area contributed by atoms with Gasteiger partial charge in [-0.05, 0) is 54.3 Å². The summed E-state index contributed by atoms with van der Waals surface area (Å²) in [6.45, 7) is 13.0. The number of imidazole rings is 1. The number of aryl methyl sites for hydroxylation is 1. The highest BCUT2D eigenvalue weighted by Crippen LogP contribution is 2.68. The minimum Gasteiger partial charge on any atom is -0.371 e. The zero-order valence-corrected chi connectivity index (χ0v) is 23.3. The predicted octanol–water partition coefficient (Wildman–Crippen LogP) is 4.53. The van der Waals surface area contributed by atoms with E-state index < -0.39 is 21.8 Å².